The lowest BCUT2D eigenvalue weighted by molar-refractivity contribution is 0.131. The second-order valence-corrected chi connectivity index (χ2v) is 13.9. The summed E-state index contributed by atoms with van der Waals surface area (Å²) in [4.78, 5) is 9.18. The Labute approximate surface area is 274 Å². The lowest BCUT2D eigenvalue weighted by atomic mass is 9.35. The zero-order valence-electron chi connectivity index (χ0n) is 26.8. The van der Waals surface area contributed by atoms with Gasteiger partial charge in [-0.3, -0.25) is 0 Å². The Balaban J connectivity index is 1.04. The highest BCUT2D eigenvalue weighted by Gasteiger charge is 2.40. The molecule has 6 nitrogen and oxygen atoms in total. The van der Waals surface area contributed by atoms with E-state index < -0.39 is 0 Å². The summed E-state index contributed by atoms with van der Waals surface area (Å²) in [6.07, 6.45) is 0. The average molecular weight is 617 g/mol. The first-order chi connectivity index (χ1) is 22.7. The van der Waals surface area contributed by atoms with Crippen LogP contribution in [-0.2, 0) is 9.47 Å². The SMILES string of the molecule is CC1(C)CN=C(c2ccc(-c3ccc4c(c3)Oc3cccc5c3B4c3ccc(-c4ccc(C6=NCC(C)(C)O6)cc4)cc3O5)cc2)O1. The molecule has 0 N–H and O–H groups in total. The van der Waals surface area contributed by atoms with Crippen molar-refractivity contribution in [1.82, 2.24) is 0 Å². The molecule has 7 heteroatoms. The van der Waals surface area contributed by atoms with Crippen molar-refractivity contribution in [2.24, 2.45) is 9.98 Å². The van der Waals surface area contributed by atoms with Crippen LogP contribution in [0.25, 0.3) is 22.3 Å². The lowest BCUT2D eigenvalue weighted by Gasteiger charge is -2.33. The molecule has 5 aromatic carbocycles. The van der Waals surface area contributed by atoms with Gasteiger partial charge in [0.25, 0.3) is 6.71 Å². The minimum atomic E-state index is -0.256. The maximum absolute atomic E-state index is 6.55. The fraction of sp³-hybridized carbons (Fsp3) is 0.200. The third-order valence-corrected chi connectivity index (χ3v) is 9.29. The highest BCUT2D eigenvalue weighted by Crippen LogP contribution is 2.37. The fourth-order valence-electron chi connectivity index (χ4n) is 6.87. The summed E-state index contributed by atoms with van der Waals surface area (Å²) < 4.78 is 25.2. The molecule has 0 aromatic heterocycles. The lowest BCUT2D eigenvalue weighted by Crippen LogP contribution is -2.57. The highest BCUT2D eigenvalue weighted by molar-refractivity contribution is 6.98. The largest absolute Gasteiger partial charge is 0.469 e. The van der Waals surface area contributed by atoms with Gasteiger partial charge in [0.15, 0.2) is 0 Å². The molecule has 0 fully saturated rings. The number of aliphatic imine (C=N–C) groups is 2. The summed E-state index contributed by atoms with van der Waals surface area (Å²) >= 11 is 0. The van der Waals surface area contributed by atoms with Crippen LogP contribution in [0.3, 0.4) is 0 Å². The van der Waals surface area contributed by atoms with Gasteiger partial charge < -0.3 is 18.9 Å². The molecule has 0 amide bonds. The molecule has 0 aliphatic carbocycles. The summed E-state index contributed by atoms with van der Waals surface area (Å²) in [6, 6.07) is 35.9. The molecule has 0 radical (unpaired) electrons. The number of fused-ring (bicyclic) bond motifs is 4. The van der Waals surface area contributed by atoms with Crippen LogP contribution in [0.1, 0.15) is 38.8 Å². The summed E-state index contributed by atoms with van der Waals surface area (Å²) in [6.45, 7) is 9.58. The Morgan fingerprint density at radius 2 is 0.894 bits per heavy atom. The van der Waals surface area contributed by atoms with Crippen LogP contribution in [0.2, 0.25) is 0 Å². The van der Waals surface area contributed by atoms with E-state index in [2.05, 4.69) is 123 Å². The van der Waals surface area contributed by atoms with Crippen LogP contribution < -0.4 is 25.9 Å². The van der Waals surface area contributed by atoms with Gasteiger partial charge in [-0.15, -0.1) is 0 Å². The number of ether oxygens (including phenoxy) is 4. The van der Waals surface area contributed by atoms with E-state index in [0.717, 1.165) is 72.8 Å². The van der Waals surface area contributed by atoms with Crippen LogP contribution in [0.15, 0.2) is 113 Å². The molecular formula is C40H33BN2O4. The van der Waals surface area contributed by atoms with Crippen LogP contribution in [-0.4, -0.2) is 42.8 Å². The van der Waals surface area contributed by atoms with Gasteiger partial charge in [0, 0.05) is 16.6 Å². The second-order valence-electron chi connectivity index (χ2n) is 13.9. The molecule has 0 atom stereocenters. The maximum atomic E-state index is 6.55. The Kier molecular flexibility index (Phi) is 6.01. The van der Waals surface area contributed by atoms with Crippen molar-refractivity contribution in [3.63, 3.8) is 0 Å². The third kappa shape index (κ3) is 4.80. The average Bonchev–Trinajstić information content (AvgIpc) is 3.64. The van der Waals surface area contributed by atoms with E-state index in [1.54, 1.807) is 0 Å². The molecular weight excluding hydrogens is 583 g/mol. The van der Waals surface area contributed by atoms with E-state index in [4.69, 9.17) is 18.9 Å². The van der Waals surface area contributed by atoms with E-state index in [0.29, 0.717) is 24.9 Å². The predicted molar refractivity (Wildman–Crippen MR) is 188 cm³/mol. The monoisotopic (exact) mass is 616 g/mol. The molecule has 4 heterocycles. The smallest absolute Gasteiger partial charge is 0.260 e. The summed E-state index contributed by atoms with van der Waals surface area (Å²) in [5, 5.41) is 0. The first-order valence-electron chi connectivity index (χ1n) is 16.1. The number of rotatable bonds is 4. The zero-order valence-corrected chi connectivity index (χ0v) is 26.8. The Hall–Kier alpha value is -5.30. The number of benzene rings is 5. The quantitative estimate of drug-likeness (QED) is 0.203. The molecule has 0 saturated carbocycles. The Morgan fingerprint density at radius 3 is 1.30 bits per heavy atom. The predicted octanol–water partition coefficient (Wildman–Crippen LogP) is 6.86. The molecule has 4 aliphatic rings. The van der Waals surface area contributed by atoms with Gasteiger partial charge in [-0.05, 0) is 109 Å². The summed E-state index contributed by atoms with van der Waals surface area (Å²) in [5.41, 5.74) is 9.19. The van der Waals surface area contributed by atoms with E-state index in [-0.39, 0.29) is 17.9 Å². The van der Waals surface area contributed by atoms with Crippen molar-refractivity contribution >= 4 is 34.9 Å². The van der Waals surface area contributed by atoms with E-state index in [1.165, 1.54) is 0 Å². The molecule has 4 aliphatic heterocycles. The zero-order chi connectivity index (χ0) is 31.9. The van der Waals surface area contributed by atoms with Crippen LogP contribution in [0, 0.1) is 0 Å². The summed E-state index contributed by atoms with van der Waals surface area (Å²) in [5.74, 6) is 4.80. The van der Waals surface area contributed by atoms with Crippen LogP contribution in [0.4, 0.5) is 0 Å². The van der Waals surface area contributed by atoms with E-state index >= 15 is 0 Å². The molecule has 0 saturated heterocycles. The van der Waals surface area contributed by atoms with Crippen molar-refractivity contribution < 1.29 is 18.9 Å². The van der Waals surface area contributed by atoms with Crippen molar-refractivity contribution in [3.8, 4) is 45.3 Å². The van der Waals surface area contributed by atoms with Crippen molar-refractivity contribution in [1.29, 1.82) is 0 Å². The molecule has 9 rings (SSSR count). The van der Waals surface area contributed by atoms with Gasteiger partial charge in [-0.25, -0.2) is 9.98 Å². The minimum Gasteiger partial charge on any atom is -0.469 e. The highest BCUT2D eigenvalue weighted by atomic mass is 16.5. The minimum absolute atomic E-state index is 0.00307. The van der Waals surface area contributed by atoms with Gasteiger partial charge in [0.05, 0.1) is 13.1 Å². The number of nitrogens with zero attached hydrogens (tertiary/aromatic N) is 2. The van der Waals surface area contributed by atoms with Gasteiger partial charge in [-0.1, -0.05) is 54.6 Å². The molecule has 0 unspecified atom stereocenters. The Bertz CT molecular complexity index is 2000. The van der Waals surface area contributed by atoms with Crippen molar-refractivity contribution in [3.05, 3.63) is 114 Å². The van der Waals surface area contributed by atoms with E-state index in [1.807, 2.05) is 18.2 Å². The van der Waals surface area contributed by atoms with Crippen molar-refractivity contribution in [2.75, 3.05) is 13.1 Å². The van der Waals surface area contributed by atoms with Crippen LogP contribution >= 0.6 is 0 Å². The van der Waals surface area contributed by atoms with Gasteiger partial charge in [0.2, 0.25) is 11.8 Å². The molecule has 5 aromatic rings. The second kappa shape index (κ2) is 10.1. The van der Waals surface area contributed by atoms with Gasteiger partial charge in [-0.2, -0.15) is 0 Å². The molecule has 47 heavy (non-hydrogen) atoms. The maximum Gasteiger partial charge on any atom is 0.260 e. The van der Waals surface area contributed by atoms with Gasteiger partial charge >= 0.3 is 0 Å². The first-order valence-corrected chi connectivity index (χ1v) is 16.1. The summed E-state index contributed by atoms with van der Waals surface area (Å²) in [7, 11) is 0. The topological polar surface area (TPSA) is 61.6 Å². The standard InChI is InChI=1S/C40H33BN2O4/c1-39(2)22-42-37(46-39)26-12-8-24(9-13-26)28-16-18-30-34(20-28)44-32-6-5-7-33-36(32)41(30)31-19-17-29(21-35(31)45-33)25-10-14-27(15-11-25)38-43-23-40(3,4)47-38/h5-21H,22-23H2,1-4H3. The number of hydrogen-bond donors (Lipinski definition) is 0. The fourth-order valence-corrected chi connectivity index (χ4v) is 6.87. The van der Waals surface area contributed by atoms with Crippen LogP contribution in [0.5, 0.6) is 23.0 Å². The first kappa shape index (κ1) is 28.0. The molecule has 230 valence electrons. The normalized spacial score (nSPS) is 17.6. The van der Waals surface area contributed by atoms with E-state index in [9.17, 15) is 0 Å². The molecule has 0 spiro atoms. The number of hydrogen-bond acceptors (Lipinski definition) is 6. The third-order valence-electron chi connectivity index (χ3n) is 9.29. The van der Waals surface area contributed by atoms with Gasteiger partial charge in [0.1, 0.15) is 34.2 Å². The van der Waals surface area contributed by atoms with Crippen molar-refractivity contribution in [2.45, 2.75) is 38.9 Å². The Morgan fingerprint density at radius 1 is 0.489 bits per heavy atom. The molecule has 0 bridgehead atoms.